The van der Waals surface area contributed by atoms with Crippen molar-refractivity contribution in [1.29, 1.82) is 0 Å². The molecule has 0 fully saturated rings. The Morgan fingerprint density at radius 2 is 2.21 bits per heavy atom. The molecule has 1 atom stereocenters. The van der Waals surface area contributed by atoms with Gasteiger partial charge >= 0.3 is 11.9 Å². The summed E-state index contributed by atoms with van der Waals surface area (Å²) in [4.78, 5) is 23.0. The summed E-state index contributed by atoms with van der Waals surface area (Å²) in [5, 5.41) is 6.99. The van der Waals surface area contributed by atoms with Gasteiger partial charge in [-0.25, -0.2) is 4.79 Å². The van der Waals surface area contributed by atoms with Gasteiger partial charge in [0.15, 0.2) is 0 Å². The Balaban J connectivity index is 2.75. The standard InChI is InChI=1S/C12H19N3O4/c1-5-19-12(17)9-6-14-15(3)10(9)7-13-8(2)11(16)18-4/h6,8,13H,5,7H2,1-4H3. The molecule has 0 aliphatic heterocycles. The van der Waals surface area contributed by atoms with Crippen LogP contribution in [0.25, 0.3) is 0 Å². The van der Waals surface area contributed by atoms with Gasteiger partial charge in [0.05, 0.1) is 25.6 Å². The highest BCUT2D eigenvalue weighted by molar-refractivity contribution is 5.90. The topological polar surface area (TPSA) is 82.5 Å². The van der Waals surface area contributed by atoms with E-state index in [4.69, 9.17) is 4.74 Å². The Bertz CT molecular complexity index is 456. The zero-order chi connectivity index (χ0) is 14.4. The molecule has 0 bridgehead atoms. The maximum absolute atomic E-state index is 11.7. The Hall–Kier alpha value is -1.89. The van der Waals surface area contributed by atoms with Crippen LogP contribution in [-0.4, -0.2) is 41.5 Å². The number of aryl methyl sites for hydroxylation is 1. The van der Waals surface area contributed by atoms with Crippen molar-refractivity contribution in [2.45, 2.75) is 26.4 Å². The van der Waals surface area contributed by atoms with E-state index in [1.165, 1.54) is 13.3 Å². The maximum Gasteiger partial charge on any atom is 0.341 e. The van der Waals surface area contributed by atoms with Gasteiger partial charge in [0.25, 0.3) is 0 Å². The highest BCUT2D eigenvalue weighted by atomic mass is 16.5. The summed E-state index contributed by atoms with van der Waals surface area (Å²) < 4.78 is 11.1. The number of methoxy groups -OCH3 is 1. The van der Waals surface area contributed by atoms with Crippen molar-refractivity contribution < 1.29 is 19.1 Å². The molecule has 1 heterocycles. The first-order valence-corrected chi connectivity index (χ1v) is 6.00. The lowest BCUT2D eigenvalue weighted by atomic mass is 10.2. The van der Waals surface area contributed by atoms with Gasteiger partial charge in [-0.05, 0) is 13.8 Å². The molecule has 1 aromatic heterocycles. The van der Waals surface area contributed by atoms with Crippen LogP contribution in [-0.2, 0) is 27.9 Å². The molecular weight excluding hydrogens is 250 g/mol. The van der Waals surface area contributed by atoms with Crippen LogP contribution >= 0.6 is 0 Å². The molecule has 0 amide bonds. The molecule has 0 aliphatic rings. The predicted molar refractivity (Wildman–Crippen MR) is 67.5 cm³/mol. The van der Waals surface area contributed by atoms with E-state index in [0.29, 0.717) is 24.4 Å². The van der Waals surface area contributed by atoms with Gasteiger partial charge in [-0.15, -0.1) is 0 Å². The van der Waals surface area contributed by atoms with Crippen molar-refractivity contribution in [2.24, 2.45) is 7.05 Å². The number of hydrogen-bond donors (Lipinski definition) is 1. The number of esters is 2. The van der Waals surface area contributed by atoms with Gasteiger partial charge in [0, 0.05) is 13.6 Å². The molecule has 0 aliphatic carbocycles. The third kappa shape index (κ3) is 3.78. The van der Waals surface area contributed by atoms with Crippen molar-refractivity contribution in [3.63, 3.8) is 0 Å². The van der Waals surface area contributed by atoms with Crippen molar-refractivity contribution in [2.75, 3.05) is 13.7 Å². The monoisotopic (exact) mass is 269 g/mol. The minimum atomic E-state index is -0.463. The number of ether oxygens (including phenoxy) is 2. The van der Waals surface area contributed by atoms with E-state index in [-0.39, 0.29) is 5.97 Å². The number of nitrogens with one attached hydrogen (secondary N) is 1. The van der Waals surface area contributed by atoms with Crippen LogP contribution in [0.4, 0.5) is 0 Å². The predicted octanol–water partition coefficient (Wildman–Crippen LogP) is 0.248. The van der Waals surface area contributed by atoms with Crippen LogP contribution in [0.2, 0.25) is 0 Å². The third-order valence-electron chi connectivity index (χ3n) is 2.69. The number of rotatable bonds is 6. The maximum atomic E-state index is 11.7. The summed E-state index contributed by atoms with van der Waals surface area (Å²) in [6, 6.07) is -0.463. The second kappa shape index (κ2) is 6.89. The molecular formula is C12H19N3O4. The molecule has 7 heteroatoms. The van der Waals surface area contributed by atoms with Crippen LogP contribution in [0.5, 0.6) is 0 Å². The van der Waals surface area contributed by atoms with Gasteiger partial charge in [-0.3, -0.25) is 14.8 Å². The minimum absolute atomic E-state index is 0.305. The third-order valence-corrected chi connectivity index (χ3v) is 2.69. The highest BCUT2D eigenvalue weighted by Crippen LogP contribution is 2.09. The second-order valence-electron chi connectivity index (χ2n) is 3.97. The van der Waals surface area contributed by atoms with E-state index in [2.05, 4.69) is 15.2 Å². The number of nitrogens with zero attached hydrogens (tertiary/aromatic N) is 2. The van der Waals surface area contributed by atoms with Gasteiger partial charge in [0.1, 0.15) is 11.6 Å². The second-order valence-corrected chi connectivity index (χ2v) is 3.97. The van der Waals surface area contributed by atoms with Crippen LogP contribution in [0.15, 0.2) is 6.20 Å². The fourth-order valence-corrected chi connectivity index (χ4v) is 1.56. The summed E-state index contributed by atoms with van der Waals surface area (Å²) >= 11 is 0. The molecule has 0 saturated heterocycles. The van der Waals surface area contributed by atoms with Crippen molar-refractivity contribution >= 4 is 11.9 Å². The first-order valence-electron chi connectivity index (χ1n) is 6.00. The molecule has 0 saturated carbocycles. The Morgan fingerprint density at radius 3 is 2.79 bits per heavy atom. The number of aromatic nitrogens is 2. The van der Waals surface area contributed by atoms with Crippen LogP contribution in [0, 0.1) is 0 Å². The largest absolute Gasteiger partial charge is 0.468 e. The smallest absolute Gasteiger partial charge is 0.341 e. The zero-order valence-corrected chi connectivity index (χ0v) is 11.6. The fraction of sp³-hybridized carbons (Fsp3) is 0.583. The molecule has 1 aromatic rings. The highest BCUT2D eigenvalue weighted by Gasteiger charge is 2.19. The number of carbonyl (C=O) groups excluding carboxylic acids is 2. The molecule has 106 valence electrons. The summed E-state index contributed by atoms with van der Waals surface area (Å²) in [5.74, 6) is -0.780. The number of hydrogen-bond acceptors (Lipinski definition) is 6. The van der Waals surface area contributed by atoms with E-state index >= 15 is 0 Å². The Morgan fingerprint density at radius 1 is 1.53 bits per heavy atom. The first kappa shape index (κ1) is 15.2. The zero-order valence-electron chi connectivity index (χ0n) is 11.6. The van der Waals surface area contributed by atoms with E-state index in [1.54, 1.807) is 25.6 Å². The van der Waals surface area contributed by atoms with Crippen LogP contribution in [0.3, 0.4) is 0 Å². The lowest BCUT2D eigenvalue weighted by Crippen LogP contribution is -2.35. The van der Waals surface area contributed by atoms with Crippen molar-refractivity contribution in [1.82, 2.24) is 15.1 Å². The first-order chi connectivity index (χ1) is 9.01. The molecule has 0 radical (unpaired) electrons. The summed E-state index contributed by atoms with van der Waals surface area (Å²) in [7, 11) is 3.05. The van der Waals surface area contributed by atoms with Crippen molar-refractivity contribution in [3.05, 3.63) is 17.5 Å². The van der Waals surface area contributed by atoms with Gasteiger partial charge in [-0.1, -0.05) is 0 Å². The van der Waals surface area contributed by atoms with Crippen molar-refractivity contribution in [3.8, 4) is 0 Å². The molecule has 0 aromatic carbocycles. The molecule has 1 unspecified atom stereocenters. The van der Waals surface area contributed by atoms with Gasteiger partial charge < -0.3 is 9.47 Å². The molecule has 0 spiro atoms. The quantitative estimate of drug-likeness (QED) is 0.745. The minimum Gasteiger partial charge on any atom is -0.468 e. The Labute approximate surface area is 111 Å². The molecule has 1 N–H and O–H groups in total. The van der Waals surface area contributed by atoms with E-state index in [1.807, 2.05) is 0 Å². The van der Waals surface area contributed by atoms with E-state index < -0.39 is 12.0 Å². The van der Waals surface area contributed by atoms with E-state index in [9.17, 15) is 9.59 Å². The van der Waals surface area contributed by atoms with Gasteiger partial charge in [0.2, 0.25) is 0 Å². The summed E-state index contributed by atoms with van der Waals surface area (Å²) in [6.45, 7) is 4.05. The SMILES string of the molecule is CCOC(=O)c1cnn(C)c1CNC(C)C(=O)OC. The lowest BCUT2D eigenvalue weighted by Gasteiger charge is -2.12. The van der Waals surface area contributed by atoms with Crippen LogP contribution < -0.4 is 5.32 Å². The molecule has 1 rings (SSSR count). The molecule has 19 heavy (non-hydrogen) atoms. The number of carbonyl (C=O) groups is 2. The average Bonchev–Trinajstić information content (AvgIpc) is 2.76. The van der Waals surface area contributed by atoms with E-state index in [0.717, 1.165) is 0 Å². The normalized spacial score (nSPS) is 12.0. The average molecular weight is 269 g/mol. The van der Waals surface area contributed by atoms with Crippen LogP contribution in [0.1, 0.15) is 29.9 Å². The lowest BCUT2D eigenvalue weighted by molar-refractivity contribution is -0.142. The fourth-order valence-electron chi connectivity index (χ4n) is 1.56. The van der Waals surface area contributed by atoms with Gasteiger partial charge in [-0.2, -0.15) is 5.10 Å². The summed E-state index contributed by atoms with van der Waals surface area (Å²) in [6.07, 6.45) is 1.46. The summed E-state index contributed by atoms with van der Waals surface area (Å²) in [5.41, 5.74) is 1.06. The Kier molecular flexibility index (Phi) is 5.50. The molecule has 7 nitrogen and oxygen atoms in total.